The molecule has 7 nitrogen and oxygen atoms in total. The summed E-state index contributed by atoms with van der Waals surface area (Å²) >= 11 is 0. The number of fused-ring (bicyclic) bond motifs is 1. The summed E-state index contributed by atoms with van der Waals surface area (Å²) in [5, 5.41) is 1.01. The van der Waals surface area contributed by atoms with Crippen molar-refractivity contribution in [3.8, 4) is 5.75 Å². The second-order valence-corrected chi connectivity index (χ2v) is 8.39. The van der Waals surface area contributed by atoms with Gasteiger partial charge in [-0.25, -0.2) is 4.79 Å². The Morgan fingerprint density at radius 1 is 1.10 bits per heavy atom. The predicted octanol–water partition coefficient (Wildman–Crippen LogP) is 3.43. The molecule has 3 heterocycles. The van der Waals surface area contributed by atoms with Gasteiger partial charge in [-0.1, -0.05) is 6.42 Å². The van der Waals surface area contributed by atoms with Crippen molar-refractivity contribution in [1.82, 2.24) is 9.88 Å². The third-order valence-corrected chi connectivity index (χ3v) is 5.72. The molecule has 7 heteroatoms. The Bertz CT molecular complexity index is 851. The first-order valence-corrected chi connectivity index (χ1v) is 11.2. The van der Waals surface area contributed by atoms with E-state index in [-0.39, 0.29) is 12.1 Å². The molecule has 1 N–H and O–H groups in total. The molecule has 2 fully saturated rings. The van der Waals surface area contributed by atoms with Crippen molar-refractivity contribution in [3.05, 3.63) is 23.9 Å². The number of anilines is 1. The van der Waals surface area contributed by atoms with Crippen LogP contribution in [-0.2, 0) is 9.47 Å². The van der Waals surface area contributed by atoms with E-state index < -0.39 is 0 Å². The van der Waals surface area contributed by atoms with Gasteiger partial charge in [0.25, 0.3) is 0 Å². The third kappa shape index (κ3) is 5.08. The maximum absolute atomic E-state index is 12.7. The lowest BCUT2D eigenvalue weighted by Crippen LogP contribution is -2.36. The molecular formula is C23H33N3O4. The number of hydrogen-bond acceptors (Lipinski definition) is 6. The number of benzene rings is 1. The third-order valence-electron chi connectivity index (χ3n) is 5.72. The van der Waals surface area contributed by atoms with Crippen LogP contribution in [0.25, 0.3) is 10.9 Å². The highest BCUT2D eigenvalue weighted by atomic mass is 16.5. The molecule has 0 atom stereocenters. The van der Waals surface area contributed by atoms with Gasteiger partial charge in [0.05, 0.1) is 30.5 Å². The fourth-order valence-corrected chi connectivity index (χ4v) is 4.24. The van der Waals surface area contributed by atoms with Crippen LogP contribution in [0.15, 0.2) is 18.2 Å². The van der Waals surface area contributed by atoms with E-state index in [1.165, 1.54) is 19.3 Å². The maximum atomic E-state index is 12.7. The van der Waals surface area contributed by atoms with Crippen LogP contribution in [0.4, 0.5) is 5.69 Å². The highest BCUT2D eigenvalue weighted by Crippen LogP contribution is 2.34. The van der Waals surface area contributed by atoms with E-state index in [0.717, 1.165) is 55.1 Å². The molecule has 0 unspecified atom stereocenters. The molecule has 0 radical (unpaired) electrons. The summed E-state index contributed by atoms with van der Waals surface area (Å²) in [6.07, 6.45) is 3.86. The molecule has 30 heavy (non-hydrogen) atoms. The average Bonchev–Trinajstić information content (AvgIpc) is 3.18. The lowest BCUT2D eigenvalue weighted by Gasteiger charge is -2.30. The van der Waals surface area contributed by atoms with Gasteiger partial charge in [0.2, 0.25) is 0 Å². The van der Waals surface area contributed by atoms with E-state index in [1.54, 1.807) is 0 Å². The van der Waals surface area contributed by atoms with Gasteiger partial charge in [0.1, 0.15) is 18.1 Å². The van der Waals surface area contributed by atoms with Crippen LogP contribution in [0, 0.1) is 0 Å². The van der Waals surface area contributed by atoms with Crippen molar-refractivity contribution in [2.24, 2.45) is 0 Å². The van der Waals surface area contributed by atoms with Crippen LogP contribution in [0.5, 0.6) is 5.75 Å². The Kier molecular flexibility index (Phi) is 6.79. The van der Waals surface area contributed by atoms with Crippen molar-refractivity contribution in [1.29, 1.82) is 0 Å². The molecule has 0 aliphatic carbocycles. The summed E-state index contributed by atoms with van der Waals surface area (Å²) < 4.78 is 17.0. The lowest BCUT2D eigenvalue weighted by atomic mass is 10.1. The number of nitrogens with one attached hydrogen (secondary N) is 1. The zero-order valence-corrected chi connectivity index (χ0v) is 18.1. The van der Waals surface area contributed by atoms with Crippen molar-refractivity contribution in [2.75, 3.05) is 57.4 Å². The Balaban J connectivity index is 1.51. The minimum absolute atomic E-state index is 0.0779. The summed E-state index contributed by atoms with van der Waals surface area (Å²) in [7, 11) is 0. The first-order chi connectivity index (χ1) is 14.6. The largest absolute Gasteiger partial charge is 0.491 e. The summed E-state index contributed by atoms with van der Waals surface area (Å²) in [6, 6.07) is 5.93. The molecule has 1 aromatic heterocycles. The second-order valence-electron chi connectivity index (χ2n) is 8.39. The normalized spacial score (nSPS) is 18.2. The number of nitrogens with zero attached hydrogens (tertiary/aromatic N) is 2. The monoisotopic (exact) mass is 415 g/mol. The summed E-state index contributed by atoms with van der Waals surface area (Å²) in [5.74, 6) is 0.494. The number of morpholine rings is 1. The highest BCUT2D eigenvalue weighted by Gasteiger charge is 2.20. The number of piperidine rings is 1. The molecule has 1 aromatic carbocycles. The Hall–Kier alpha value is -2.25. The number of carbonyl (C=O) groups excluding carboxylic acids is 1. The van der Waals surface area contributed by atoms with E-state index in [4.69, 9.17) is 14.2 Å². The van der Waals surface area contributed by atoms with Crippen LogP contribution >= 0.6 is 0 Å². The van der Waals surface area contributed by atoms with E-state index in [9.17, 15) is 4.79 Å². The molecule has 0 amide bonds. The van der Waals surface area contributed by atoms with Gasteiger partial charge in [-0.05, 0) is 45.8 Å². The van der Waals surface area contributed by atoms with Crippen LogP contribution in [0.3, 0.4) is 0 Å². The Morgan fingerprint density at radius 3 is 2.60 bits per heavy atom. The van der Waals surface area contributed by atoms with E-state index in [2.05, 4.69) is 20.9 Å². The summed E-state index contributed by atoms with van der Waals surface area (Å²) in [6.45, 7) is 10.5. The number of aromatic amines is 1. The lowest BCUT2D eigenvalue weighted by molar-refractivity contribution is 0.0446. The second kappa shape index (κ2) is 9.71. The number of likely N-dealkylation sites (tertiary alicyclic amines) is 1. The van der Waals surface area contributed by atoms with Crippen molar-refractivity contribution in [3.63, 3.8) is 0 Å². The minimum atomic E-state index is -0.303. The number of hydrogen-bond donors (Lipinski definition) is 1. The summed E-state index contributed by atoms with van der Waals surface area (Å²) in [4.78, 5) is 20.6. The minimum Gasteiger partial charge on any atom is -0.491 e. The Labute approximate surface area is 178 Å². The number of carbonyl (C=O) groups is 1. The molecule has 164 valence electrons. The molecule has 4 rings (SSSR count). The Morgan fingerprint density at radius 2 is 1.87 bits per heavy atom. The van der Waals surface area contributed by atoms with Crippen LogP contribution in [-0.4, -0.2) is 74.5 Å². The number of esters is 1. The quantitative estimate of drug-likeness (QED) is 0.699. The molecule has 0 bridgehead atoms. The molecule has 2 aliphatic heterocycles. The topological polar surface area (TPSA) is 67.0 Å². The average molecular weight is 416 g/mol. The molecule has 2 aliphatic rings. The highest BCUT2D eigenvalue weighted by molar-refractivity contribution is 6.01. The zero-order chi connectivity index (χ0) is 20.9. The van der Waals surface area contributed by atoms with Crippen LogP contribution in [0.1, 0.15) is 43.6 Å². The standard InChI is InChI=1S/C23H33N3O4/c1-17(2)30-18-14-20-19(22(15-18)26-9-11-28-12-10-26)16-21(24-20)23(27)29-13-8-25-6-4-3-5-7-25/h14-17,24H,3-13H2,1-2H3. The maximum Gasteiger partial charge on any atom is 0.354 e. The van der Waals surface area contributed by atoms with Crippen LogP contribution in [0.2, 0.25) is 0 Å². The molecule has 0 saturated carbocycles. The number of ether oxygens (including phenoxy) is 3. The molecule has 2 saturated heterocycles. The van der Waals surface area contributed by atoms with Gasteiger partial charge in [-0.2, -0.15) is 0 Å². The van der Waals surface area contributed by atoms with Crippen LogP contribution < -0.4 is 9.64 Å². The van der Waals surface area contributed by atoms with Gasteiger partial charge in [0, 0.05) is 37.2 Å². The van der Waals surface area contributed by atoms with Crippen molar-refractivity contribution < 1.29 is 19.0 Å². The smallest absolute Gasteiger partial charge is 0.354 e. The SMILES string of the molecule is CC(C)Oc1cc(N2CCOCC2)c2cc(C(=O)OCCN3CCCCC3)[nH]c2c1. The van der Waals surface area contributed by atoms with Gasteiger partial charge in [-0.3, -0.25) is 4.90 Å². The van der Waals surface area contributed by atoms with Crippen molar-refractivity contribution >= 4 is 22.6 Å². The van der Waals surface area contributed by atoms with E-state index in [0.29, 0.717) is 25.5 Å². The number of H-pyrrole nitrogens is 1. The van der Waals surface area contributed by atoms with Crippen molar-refractivity contribution in [2.45, 2.75) is 39.2 Å². The fourth-order valence-electron chi connectivity index (χ4n) is 4.24. The predicted molar refractivity (Wildman–Crippen MR) is 118 cm³/mol. The number of rotatable bonds is 7. The zero-order valence-electron chi connectivity index (χ0n) is 18.1. The molecule has 2 aromatic rings. The molecule has 0 spiro atoms. The fraction of sp³-hybridized carbons (Fsp3) is 0.609. The molecular weight excluding hydrogens is 382 g/mol. The van der Waals surface area contributed by atoms with Gasteiger partial charge in [-0.15, -0.1) is 0 Å². The first kappa shape index (κ1) is 21.0. The van der Waals surface area contributed by atoms with E-state index >= 15 is 0 Å². The summed E-state index contributed by atoms with van der Waals surface area (Å²) in [5.41, 5.74) is 2.44. The van der Waals surface area contributed by atoms with Gasteiger partial charge < -0.3 is 24.1 Å². The van der Waals surface area contributed by atoms with Gasteiger partial charge in [0.15, 0.2) is 0 Å². The first-order valence-electron chi connectivity index (χ1n) is 11.2. The van der Waals surface area contributed by atoms with E-state index in [1.807, 2.05) is 26.0 Å². The van der Waals surface area contributed by atoms with Gasteiger partial charge >= 0.3 is 5.97 Å². The number of aromatic nitrogens is 1.